The number of hydrogen-bond acceptors (Lipinski definition) is 1. The van der Waals surface area contributed by atoms with Gasteiger partial charge < -0.3 is 5.11 Å². The first-order chi connectivity index (χ1) is 10.2. The van der Waals surface area contributed by atoms with Crippen molar-refractivity contribution in [3.8, 4) is 0 Å². The second kappa shape index (κ2) is 4.30. The molecule has 0 aromatic carbocycles. The summed E-state index contributed by atoms with van der Waals surface area (Å²) in [7, 11) is 0. The van der Waals surface area contributed by atoms with Gasteiger partial charge in [0.25, 0.3) is 0 Å². The van der Waals surface area contributed by atoms with Crippen LogP contribution in [0.4, 0.5) is 0 Å². The molecular weight excluding hydrogens is 272 g/mol. The molecule has 0 radical (unpaired) electrons. The van der Waals surface area contributed by atoms with E-state index in [4.69, 9.17) is 0 Å². The fourth-order valence-electron chi connectivity index (χ4n) is 7.97. The van der Waals surface area contributed by atoms with Crippen LogP contribution >= 0.6 is 0 Å². The molecule has 0 heterocycles. The molecule has 0 aliphatic heterocycles. The fourth-order valence-corrected chi connectivity index (χ4v) is 7.97. The zero-order valence-electron chi connectivity index (χ0n) is 14.6. The van der Waals surface area contributed by atoms with Crippen LogP contribution in [0, 0.1) is 33.5 Å². The normalized spacial score (nSPS) is 57.0. The van der Waals surface area contributed by atoms with Crippen LogP contribution in [0.1, 0.15) is 85.0 Å². The van der Waals surface area contributed by atoms with E-state index in [0.717, 1.165) is 25.2 Å². The molecule has 0 aromatic heterocycles. The Morgan fingerprint density at radius 2 is 1.64 bits per heavy atom. The van der Waals surface area contributed by atoms with E-state index < -0.39 is 11.4 Å². The first kappa shape index (κ1) is 15.0. The van der Waals surface area contributed by atoms with E-state index in [1.165, 1.54) is 44.9 Å². The topological polar surface area (TPSA) is 37.3 Å². The molecule has 4 aliphatic rings. The first-order valence-corrected chi connectivity index (χ1v) is 9.48. The van der Waals surface area contributed by atoms with Gasteiger partial charge >= 0.3 is 5.97 Å². The molecule has 4 rings (SSSR count). The van der Waals surface area contributed by atoms with Gasteiger partial charge in [0, 0.05) is 0 Å². The lowest BCUT2D eigenvalue weighted by Gasteiger charge is -2.64. The van der Waals surface area contributed by atoms with Crippen molar-refractivity contribution in [3.05, 3.63) is 0 Å². The predicted molar refractivity (Wildman–Crippen MR) is 87.5 cm³/mol. The summed E-state index contributed by atoms with van der Waals surface area (Å²) in [5, 5.41) is 9.92. The van der Waals surface area contributed by atoms with E-state index in [-0.39, 0.29) is 5.41 Å². The maximum Gasteiger partial charge on any atom is 0.309 e. The van der Waals surface area contributed by atoms with E-state index >= 15 is 0 Å². The summed E-state index contributed by atoms with van der Waals surface area (Å²) >= 11 is 0. The van der Waals surface area contributed by atoms with Gasteiger partial charge in [-0.1, -0.05) is 20.3 Å². The van der Waals surface area contributed by atoms with Crippen molar-refractivity contribution < 1.29 is 9.90 Å². The van der Waals surface area contributed by atoms with E-state index in [2.05, 4.69) is 20.8 Å². The average molecular weight is 304 g/mol. The zero-order chi connectivity index (χ0) is 15.8. The molecule has 2 heteroatoms. The maximum atomic E-state index is 12.0. The Kier molecular flexibility index (Phi) is 2.94. The lowest BCUT2D eigenvalue weighted by molar-refractivity contribution is -0.182. The third kappa shape index (κ3) is 1.70. The van der Waals surface area contributed by atoms with Gasteiger partial charge in [-0.3, -0.25) is 4.79 Å². The molecule has 4 aliphatic carbocycles. The summed E-state index contributed by atoms with van der Waals surface area (Å²) in [5.74, 6) is 0.645. The molecule has 22 heavy (non-hydrogen) atoms. The Hall–Kier alpha value is -0.530. The molecule has 0 unspecified atom stereocenters. The summed E-state index contributed by atoms with van der Waals surface area (Å²) in [6.45, 7) is 7.04. The Labute approximate surface area is 135 Å². The SMILES string of the molecule is C[C@]12CC[C@@H]3[C@@](CC[C@H]4[C@@]3(C)CCC[C@]4(C)C(=O)O)(CC1)C2. The quantitative estimate of drug-likeness (QED) is 0.717. The summed E-state index contributed by atoms with van der Waals surface area (Å²) in [6.07, 6.45) is 12.7. The molecule has 4 fully saturated rings. The van der Waals surface area contributed by atoms with Gasteiger partial charge in [-0.15, -0.1) is 0 Å². The smallest absolute Gasteiger partial charge is 0.309 e. The zero-order valence-corrected chi connectivity index (χ0v) is 14.6. The molecular formula is C20H32O2. The molecule has 124 valence electrons. The second-order valence-electron chi connectivity index (χ2n) is 10.1. The van der Waals surface area contributed by atoms with Crippen molar-refractivity contribution in [2.75, 3.05) is 0 Å². The summed E-state index contributed by atoms with van der Waals surface area (Å²) in [6, 6.07) is 0. The molecule has 1 N–H and O–H groups in total. The minimum Gasteiger partial charge on any atom is -0.481 e. The number of carboxylic acid groups (broad SMARTS) is 1. The Bertz CT molecular complexity index is 514. The van der Waals surface area contributed by atoms with E-state index in [1.54, 1.807) is 0 Å². The lowest BCUT2D eigenvalue weighted by Crippen LogP contribution is -2.58. The molecule has 1 spiro atoms. The molecule has 0 amide bonds. The highest BCUT2D eigenvalue weighted by atomic mass is 16.4. The van der Waals surface area contributed by atoms with Crippen LogP contribution in [0.25, 0.3) is 0 Å². The van der Waals surface area contributed by atoms with E-state index in [1.807, 2.05) is 0 Å². The van der Waals surface area contributed by atoms with Crippen LogP contribution in [0.3, 0.4) is 0 Å². The van der Waals surface area contributed by atoms with Crippen LogP contribution in [-0.4, -0.2) is 11.1 Å². The fraction of sp³-hybridized carbons (Fsp3) is 0.950. The van der Waals surface area contributed by atoms with Crippen molar-refractivity contribution in [2.24, 2.45) is 33.5 Å². The lowest BCUT2D eigenvalue weighted by atomic mass is 9.40. The number of carbonyl (C=O) groups is 1. The van der Waals surface area contributed by atoms with Gasteiger partial charge in [0.05, 0.1) is 5.41 Å². The summed E-state index contributed by atoms with van der Waals surface area (Å²) < 4.78 is 0. The molecule has 0 saturated heterocycles. The van der Waals surface area contributed by atoms with Gasteiger partial charge in [0.2, 0.25) is 0 Å². The monoisotopic (exact) mass is 304 g/mol. The van der Waals surface area contributed by atoms with Gasteiger partial charge in [-0.05, 0) is 92.8 Å². The van der Waals surface area contributed by atoms with Crippen LogP contribution in [0.2, 0.25) is 0 Å². The molecule has 0 aromatic rings. The Morgan fingerprint density at radius 3 is 2.36 bits per heavy atom. The summed E-state index contributed by atoms with van der Waals surface area (Å²) in [5.41, 5.74) is 0.961. The standard InChI is InChI=1S/C20H32O2/c1-17-9-5-15-18(2)7-4-8-19(3,16(21)22)14(18)6-10-20(15,13-17)12-11-17/h14-15H,4-13H2,1-3H3,(H,21,22)/t14-,15-,17-,18+,19-,20-/m0/s1. The highest BCUT2D eigenvalue weighted by Gasteiger charge is 2.66. The number of fused-ring (bicyclic) bond motifs is 3. The number of carboxylic acids is 1. The average Bonchev–Trinajstić information content (AvgIpc) is 2.68. The highest BCUT2D eigenvalue weighted by Crippen LogP contribution is 2.73. The van der Waals surface area contributed by atoms with Gasteiger partial charge in [0.15, 0.2) is 0 Å². The van der Waals surface area contributed by atoms with Crippen LogP contribution in [0.15, 0.2) is 0 Å². The van der Waals surface area contributed by atoms with Crippen molar-refractivity contribution in [3.63, 3.8) is 0 Å². The minimum atomic E-state index is -0.536. The van der Waals surface area contributed by atoms with Gasteiger partial charge in [0.1, 0.15) is 0 Å². The molecule has 6 atom stereocenters. The predicted octanol–water partition coefficient (Wildman–Crippen LogP) is 5.26. The van der Waals surface area contributed by atoms with E-state index in [9.17, 15) is 9.90 Å². The Morgan fingerprint density at radius 1 is 0.909 bits per heavy atom. The Balaban J connectivity index is 1.74. The number of rotatable bonds is 1. The van der Waals surface area contributed by atoms with Crippen molar-refractivity contribution >= 4 is 5.97 Å². The van der Waals surface area contributed by atoms with Crippen LogP contribution < -0.4 is 0 Å². The maximum absolute atomic E-state index is 12.0. The van der Waals surface area contributed by atoms with E-state index in [0.29, 0.717) is 16.7 Å². The van der Waals surface area contributed by atoms with Crippen molar-refractivity contribution in [1.82, 2.24) is 0 Å². The van der Waals surface area contributed by atoms with Crippen LogP contribution in [0.5, 0.6) is 0 Å². The largest absolute Gasteiger partial charge is 0.481 e. The number of aliphatic carboxylic acids is 1. The number of hydrogen-bond donors (Lipinski definition) is 1. The highest BCUT2D eigenvalue weighted by molar-refractivity contribution is 5.75. The minimum absolute atomic E-state index is 0.273. The molecule has 2 bridgehead atoms. The molecule has 2 nitrogen and oxygen atoms in total. The third-order valence-corrected chi connectivity index (χ3v) is 8.97. The molecule has 4 saturated carbocycles. The van der Waals surface area contributed by atoms with Gasteiger partial charge in [-0.25, -0.2) is 0 Å². The van der Waals surface area contributed by atoms with Crippen LogP contribution in [-0.2, 0) is 4.79 Å². The van der Waals surface area contributed by atoms with Gasteiger partial charge in [-0.2, -0.15) is 0 Å². The third-order valence-electron chi connectivity index (χ3n) is 8.97. The first-order valence-electron chi connectivity index (χ1n) is 9.48. The summed E-state index contributed by atoms with van der Waals surface area (Å²) in [4.78, 5) is 12.0. The second-order valence-corrected chi connectivity index (χ2v) is 10.1. The van der Waals surface area contributed by atoms with Crippen molar-refractivity contribution in [2.45, 2.75) is 85.0 Å². The van der Waals surface area contributed by atoms with Crippen molar-refractivity contribution in [1.29, 1.82) is 0 Å².